The molecule has 1 unspecified atom stereocenters. The highest BCUT2D eigenvalue weighted by Gasteiger charge is 2.37. The van der Waals surface area contributed by atoms with Gasteiger partial charge in [-0.1, -0.05) is 72.9 Å². The number of aryl methyl sites for hydroxylation is 1. The molecule has 0 aromatic heterocycles. The second-order valence-corrected chi connectivity index (χ2v) is 11.6. The van der Waals surface area contributed by atoms with Crippen LogP contribution in [0, 0.1) is 6.92 Å². The molecule has 0 amide bonds. The second-order valence-electron chi connectivity index (χ2n) is 11.1. The second kappa shape index (κ2) is 12.1. The largest absolute Gasteiger partial charge is 0.493 e. The van der Waals surface area contributed by atoms with Gasteiger partial charge in [0.05, 0.1) is 19.9 Å². The van der Waals surface area contributed by atoms with Crippen LogP contribution in [0.2, 0.25) is 0 Å². The number of nitrogens with two attached hydrogens (primary N) is 1. The molecule has 0 aliphatic heterocycles. The van der Waals surface area contributed by atoms with Crippen molar-refractivity contribution >= 4 is 20.5 Å². The van der Waals surface area contributed by atoms with Gasteiger partial charge in [-0.2, -0.15) is 0 Å². The molecule has 0 fully saturated rings. The first-order valence-electron chi connectivity index (χ1n) is 12.5. The van der Waals surface area contributed by atoms with Crippen molar-refractivity contribution in [3.63, 3.8) is 0 Å². The summed E-state index contributed by atoms with van der Waals surface area (Å²) < 4.78 is 10.0. The average Bonchev–Trinajstić information content (AvgIpc) is 2.81. The molecule has 36 heavy (non-hydrogen) atoms. The van der Waals surface area contributed by atoms with Crippen molar-refractivity contribution in [1.29, 1.82) is 0 Å². The summed E-state index contributed by atoms with van der Waals surface area (Å²) in [5.41, 5.74) is 14.6. The van der Waals surface area contributed by atoms with E-state index < -0.39 is 0 Å². The number of nitrogen functional groups attached to an aromatic ring is 1. The zero-order valence-electron chi connectivity index (χ0n) is 23.5. The third kappa shape index (κ3) is 7.23. The third-order valence-corrected chi connectivity index (χ3v) is 7.67. The molecule has 0 bridgehead atoms. The lowest BCUT2D eigenvalue weighted by Crippen LogP contribution is -2.34. The predicted octanol–water partition coefficient (Wildman–Crippen LogP) is 7.47. The summed E-state index contributed by atoms with van der Waals surface area (Å²) in [6, 6.07) is 10.2. The minimum Gasteiger partial charge on any atom is -0.493 e. The summed E-state index contributed by atoms with van der Waals surface area (Å²) in [5.74, 6) is 1.25. The van der Waals surface area contributed by atoms with Crippen LogP contribution in [-0.2, 0) is 22.0 Å². The molecule has 1 atom stereocenters. The average molecular weight is 510 g/mol. The minimum atomic E-state index is 0.0537. The summed E-state index contributed by atoms with van der Waals surface area (Å²) >= 11 is 0. The van der Waals surface area contributed by atoms with Gasteiger partial charge in [-0.25, -0.2) is 0 Å². The van der Waals surface area contributed by atoms with E-state index in [4.69, 9.17) is 15.2 Å². The summed E-state index contributed by atoms with van der Waals surface area (Å²) in [6.07, 6.45) is 7.42. The number of allylic oxidation sites excluding steroid dienone is 4. The van der Waals surface area contributed by atoms with Gasteiger partial charge in [0.1, 0.15) is 0 Å². The van der Waals surface area contributed by atoms with Crippen LogP contribution < -0.4 is 15.2 Å². The Bertz CT molecular complexity index is 1160. The molecule has 0 heterocycles. The molecule has 0 radical (unpaired) electrons. The molecule has 2 aromatic rings. The molecular formula is C31H44NO3P. The Morgan fingerprint density at radius 2 is 1.58 bits per heavy atom. The zero-order chi connectivity index (χ0) is 27.3. The summed E-state index contributed by atoms with van der Waals surface area (Å²) in [7, 11) is 5.37. The molecule has 2 aromatic carbocycles. The fourth-order valence-corrected chi connectivity index (χ4v) is 4.67. The van der Waals surface area contributed by atoms with Crippen molar-refractivity contribution in [2.45, 2.75) is 78.6 Å². The van der Waals surface area contributed by atoms with E-state index in [0.717, 1.165) is 12.0 Å². The van der Waals surface area contributed by atoms with Crippen LogP contribution >= 0.6 is 9.24 Å². The van der Waals surface area contributed by atoms with Crippen molar-refractivity contribution in [2.75, 3.05) is 20.0 Å². The smallest absolute Gasteiger partial charge is 0.183 e. The highest BCUT2D eigenvalue weighted by Crippen LogP contribution is 2.46. The number of carbonyl (C=O) groups is 1. The van der Waals surface area contributed by atoms with E-state index >= 15 is 0 Å². The van der Waals surface area contributed by atoms with Gasteiger partial charge in [0.2, 0.25) is 0 Å². The fraction of sp³-hybridized carbons (Fsp3) is 0.452. The first-order valence-corrected chi connectivity index (χ1v) is 13.1. The number of benzene rings is 2. The molecule has 5 heteroatoms. The van der Waals surface area contributed by atoms with E-state index in [1.807, 2.05) is 19.1 Å². The number of hydrogen-bond acceptors (Lipinski definition) is 4. The van der Waals surface area contributed by atoms with E-state index in [0.29, 0.717) is 17.2 Å². The maximum Gasteiger partial charge on any atom is 0.183 e. The van der Waals surface area contributed by atoms with E-state index in [-0.39, 0.29) is 16.4 Å². The van der Waals surface area contributed by atoms with E-state index in [2.05, 4.69) is 69.0 Å². The lowest BCUT2D eigenvalue weighted by atomic mass is 9.62. The van der Waals surface area contributed by atoms with Crippen LogP contribution in [0.4, 0.5) is 5.69 Å². The number of anilines is 1. The number of methoxy groups -OCH3 is 2. The van der Waals surface area contributed by atoms with Crippen LogP contribution in [0.3, 0.4) is 0 Å². The topological polar surface area (TPSA) is 61.5 Å². The molecule has 196 valence electrons. The van der Waals surface area contributed by atoms with Gasteiger partial charge >= 0.3 is 0 Å². The number of para-hydroxylation sites is 1. The number of rotatable bonds is 6. The number of hydrogen-bond donors (Lipinski definition) is 1. The molecule has 1 aliphatic carbocycles. The van der Waals surface area contributed by atoms with Gasteiger partial charge in [0.25, 0.3) is 0 Å². The van der Waals surface area contributed by atoms with Crippen LogP contribution in [0.25, 0.3) is 0 Å². The maximum atomic E-state index is 11.3. The van der Waals surface area contributed by atoms with Crippen LogP contribution in [-0.4, -0.2) is 19.7 Å². The summed E-state index contributed by atoms with van der Waals surface area (Å²) in [4.78, 5) is 11.3. The van der Waals surface area contributed by atoms with Crippen molar-refractivity contribution in [2.24, 2.45) is 0 Å². The molecule has 0 saturated carbocycles. The highest BCUT2D eigenvalue weighted by atomic mass is 31.0. The zero-order valence-corrected chi connectivity index (χ0v) is 24.7. The molecule has 3 rings (SSSR count). The van der Waals surface area contributed by atoms with Gasteiger partial charge in [0, 0.05) is 0 Å². The Morgan fingerprint density at radius 3 is 2.08 bits per heavy atom. The van der Waals surface area contributed by atoms with Gasteiger partial charge in [0.15, 0.2) is 17.0 Å². The number of carbonyl (C=O) groups excluding carboxylic acids is 1. The Morgan fingerprint density at radius 1 is 1.00 bits per heavy atom. The van der Waals surface area contributed by atoms with Gasteiger partial charge in [-0.05, 0) is 90.8 Å². The Labute approximate surface area is 220 Å². The summed E-state index contributed by atoms with van der Waals surface area (Å²) in [6.45, 7) is 15.7. The van der Waals surface area contributed by atoms with E-state index in [9.17, 15) is 4.79 Å². The molecule has 2 N–H and O–H groups in total. The number of fused-ring (bicyclic) bond motifs is 1. The lowest BCUT2D eigenvalue weighted by molar-refractivity contribution is -0.107. The normalized spacial score (nSPS) is 16.4. The van der Waals surface area contributed by atoms with Crippen molar-refractivity contribution < 1.29 is 14.3 Å². The first-order chi connectivity index (χ1) is 16.7. The standard InChI is InChI=1S/C23H33OP.C8H11NO2/c1-15(8-9-16(2)21(24)25)12-18-14-20-19(13-17(18)3)22(4,5)10-11-23(20,6)7;1-10-7-5-3-4-6(9)8(7)11-2/h8-9,13-14H,10-12,25H2,1-7H3;3-5H,9H2,1-2H3/b15-8+,16-9+;. The molecule has 0 saturated heterocycles. The fourth-order valence-electron chi connectivity index (χ4n) is 4.58. The van der Waals surface area contributed by atoms with E-state index in [1.165, 1.54) is 40.7 Å². The van der Waals surface area contributed by atoms with Crippen molar-refractivity contribution in [3.05, 3.63) is 75.9 Å². The van der Waals surface area contributed by atoms with Gasteiger partial charge in [-0.3, -0.25) is 4.79 Å². The highest BCUT2D eigenvalue weighted by molar-refractivity contribution is 7.41. The lowest BCUT2D eigenvalue weighted by Gasteiger charge is -2.42. The van der Waals surface area contributed by atoms with Crippen LogP contribution in [0.15, 0.2) is 53.6 Å². The quantitative estimate of drug-likeness (QED) is 0.190. The summed E-state index contributed by atoms with van der Waals surface area (Å²) in [5, 5.41) is 0. The monoisotopic (exact) mass is 509 g/mol. The molecular weight excluding hydrogens is 465 g/mol. The Balaban J connectivity index is 0.000000346. The predicted molar refractivity (Wildman–Crippen MR) is 156 cm³/mol. The van der Waals surface area contributed by atoms with Crippen molar-refractivity contribution in [1.82, 2.24) is 0 Å². The van der Waals surface area contributed by atoms with E-state index in [1.54, 1.807) is 26.4 Å². The number of ether oxygens (including phenoxy) is 2. The van der Waals surface area contributed by atoms with Gasteiger partial charge < -0.3 is 15.2 Å². The first kappa shape index (κ1) is 29.6. The molecule has 0 spiro atoms. The molecule has 1 aliphatic rings. The minimum absolute atomic E-state index is 0.0537. The van der Waals surface area contributed by atoms with Crippen LogP contribution in [0.5, 0.6) is 11.5 Å². The Kier molecular flexibility index (Phi) is 9.97. The maximum absolute atomic E-state index is 11.3. The van der Waals surface area contributed by atoms with Gasteiger partial charge in [-0.15, -0.1) is 0 Å². The SMILES string of the molecule is C/C(=C\C=C(/C)C(=O)P)Cc1cc2c(cc1C)C(C)(C)CCC2(C)C.COc1cccc(N)c1OC. The molecule has 4 nitrogen and oxygen atoms in total. The van der Waals surface area contributed by atoms with Crippen molar-refractivity contribution in [3.8, 4) is 11.5 Å². The Hall–Kier alpha value is -2.58. The third-order valence-electron chi connectivity index (χ3n) is 7.22. The van der Waals surface area contributed by atoms with Crippen LogP contribution in [0.1, 0.15) is 76.6 Å².